The van der Waals surface area contributed by atoms with Gasteiger partial charge in [0.05, 0.1) is 5.69 Å². The molecule has 2 aromatic rings. The molecule has 0 unspecified atom stereocenters. The molecule has 1 aliphatic carbocycles. The molecule has 3 rings (SSSR count). The van der Waals surface area contributed by atoms with E-state index in [1.807, 2.05) is 29.9 Å². The van der Waals surface area contributed by atoms with E-state index in [1.165, 1.54) is 31.2 Å². The number of nitrogens with zero attached hydrogens (tertiary/aromatic N) is 2. The quantitative estimate of drug-likeness (QED) is 0.810. The number of aromatic nitrogens is 2. The van der Waals surface area contributed by atoms with E-state index in [4.69, 9.17) is 21.4 Å². The van der Waals surface area contributed by atoms with Crippen LogP contribution in [0.25, 0.3) is 0 Å². The molecule has 1 fully saturated rings. The number of hydrogen-bond acceptors (Lipinski definition) is 3. The molecular weight excluding hydrogens is 322 g/mol. The van der Waals surface area contributed by atoms with E-state index in [0.29, 0.717) is 6.61 Å². The minimum Gasteiger partial charge on any atom is -0.473 e. The van der Waals surface area contributed by atoms with Crippen LogP contribution in [0.5, 0.6) is 5.88 Å². The fourth-order valence-electron chi connectivity index (χ4n) is 3.37. The normalized spacial score (nSPS) is 15.1. The van der Waals surface area contributed by atoms with Gasteiger partial charge in [-0.15, -0.1) is 0 Å². The molecular formula is C19H26ClN3O. The Balaban J connectivity index is 1.73. The van der Waals surface area contributed by atoms with Crippen LogP contribution in [0.15, 0.2) is 24.3 Å². The Hall–Kier alpha value is -1.52. The summed E-state index contributed by atoms with van der Waals surface area (Å²) in [6.07, 6.45) is 5.27. The van der Waals surface area contributed by atoms with Crippen LogP contribution in [0.1, 0.15) is 42.5 Å². The number of rotatable bonds is 7. The molecule has 1 N–H and O–H groups in total. The Bertz CT molecular complexity index is 677. The number of hydrogen-bond donors (Lipinski definition) is 1. The number of nitrogens with one attached hydrogen (secondary N) is 1. The largest absolute Gasteiger partial charge is 0.473 e. The van der Waals surface area contributed by atoms with Crippen LogP contribution < -0.4 is 10.1 Å². The van der Waals surface area contributed by atoms with Crippen LogP contribution in [-0.4, -0.2) is 16.8 Å². The second-order valence-electron chi connectivity index (χ2n) is 6.72. The van der Waals surface area contributed by atoms with Gasteiger partial charge in [-0.1, -0.05) is 42.1 Å². The van der Waals surface area contributed by atoms with Gasteiger partial charge in [-0.3, -0.25) is 0 Å². The summed E-state index contributed by atoms with van der Waals surface area (Å²) >= 11 is 6.28. The highest BCUT2D eigenvalue weighted by molar-refractivity contribution is 6.31. The highest BCUT2D eigenvalue weighted by Gasteiger charge is 2.19. The van der Waals surface area contributed by atoms with E-state index < -0.39 is 0 Å². The third-order valence-electron chi connectivity index (χ3n) is 4.63. The minimum atomic E-state index is 0.468. The van der Waals surface area contributed by atoms with Crippen molar-refractivity contribution in [3.63, 3.8) is 0 Å². The van der Waals surface area contributed by atoms with E-state index in [9.17, 15) is 0 Å². The molecule has 5 heteroatoms. The van der Waals surface area contributed by atoms with Gasteiger partial charge < -0.3 is 10.1 Å². The van der Waals surface area contributed by atoms with Crippen LogP contribution in [0.3, 0.4) is 0 Å². The summed E-state index contributed by atoms with van der Waals surface area (Å²) in [7, 11) is 1.93. The highest BCUT2D eigenvalue weighted by atomic mass is 35.5. The summed E-state index contributed by atoms with van der Waals surface area (Å²) < 4.78 is 8.12. The van der Waals surface area contributed by atoms with Gasteiger partial charge in [-0.05, 0) is 38.8 Å². The molecule has 0 amide bonds. The van der Waals surface area contributed by atoms with Crippen molar-refractivity contribution in [2.24, 2.45) is 5.92 Å². The average Bonchev–Trinajstić information content (AvgIpc) is 3.19. The van der Waals surface area contributed by atoms with Crippen molar-refractivity contribution in [2.75, 3.05) is 7.05 Å². The Morgan fingerprint density at radius 2 is 2.08 bits per heavy atom. The van der Waals surface area contributed by atoms with E-state index in [0.717, 1.165) is 41.2 Å². The SMILES string of the molecule is CNCc1cc(OCc2cc(C)ccc2Cl)n(CC2CCCC2)n1. The third kappa shape index (κ3) is 4.31. The molecule has 1 aliphatic rings. The molecule has 1 aromatic carbocycles. The highest BCUT2D eigenvalue weighted by Crippen LogP contribution is 2.28. The molecule has 1 heterocycles. The molecule has 0 saturated heterocycles. The van der Waals surface area contributed by atoms with Crippen LogP contribution in [0.4, 0.5) is 0 Å². The maximum absolute atomic E-state index is 6.28. The number of aryl methyl sites for hydroxylation is 1. The van der Waals surface area contributed by atoms with Crippen LogP contribution in [0.2, 0.25) is 5.02 Å². The van der Waals surface area contributed by atoms with Crippen LogP contribution in [0, 0.1) is 12.8 Å². The Kier molecular flexibility index (Phi) is 5.80. The fourth-order valence-corrected chi connectivity index (χ4v) is 3.54. The standard InChI is InChI=1S/C19H26ClN3O/c1-14-7-8-18(20)16(9-14)13-24-19-10-17(11-21-2)22-23(19)12-15-5-3-4-6-15/h7-10,15,21H,3-6,11-13H2,1-2H3. The molecule has 130 valence electrons. The number of ether oxygens (including phenoxy) is 1. The monoisotopic (exact) mass is 347 g/mol. The Labute approximate surface area is 149 Å². The molecule has 0 spiro atoms. The maximum Gasteiger partial charge on any atom is 0.212 e. The lowest BCUT2D eigenvalue weighted by Gasteiger charge is -2.13. The van der Waals surface area contributed by atoms with Crippen molar-refractivity contribution in [1.82, 2.24) is 15.1 Å². The summed E-state index contributed by atoms with van der Waals surface area (Å²) in [6.45, 7) is 4.23. The van der Waals surface area contributed by atoms with Gasteiger partial charge in [-0.2, -0.15) is 5.10 Å². The lowest BCUT2D eigenvalue weighted by Crippen LogP contribution is -2.12. The van der Waals surface area contributed by atoms with E-state index >= 15 is 0 Å². The van der Waals surface area contributed by atoms with Gasteiger partial charge in [0.25, 0.3) is 0 Å². The van der Waals surface area contributed by atoms with Crippen LogP contribution >= 0.6 is 11.6 Å². The van der Waals surface area contributed by atoms with Gasteiger partial charge in [0.2, 0.25) is 5.88 Å². The molecule has 1 aromatic heterocycles. The smallest absolute Gasteiger partial charge is 0.212 e. The van der Waals surface area contributed by atoms with E-state index in [-0.39, 0.29) is 0 Å². The molecule has 1 saturated carbocycles. The number of halogens is 1. The number of benzene rings is 1. The van der Waals surface area contributed by atoms with Crippen molar-refractivity contribution in [2.45, 2.75) is 52.3 Å². The average molecular weight is 348 g/mol. The van der Waals surface area contributed by atoms with Crippen molar-refractivity contribution < 1.29 is 4.74 Å². The van der Waals surface area contributed by atoms with Crippen LogP contribution in [-0.2, 0) is 19.7 Å². The summed E-state index contributed by atoms with van der Waals surface area (Å²) in [5, 5.41) is 8.62. The predicted molar refractivity (Wildman–Crippen MR) is 97.5 cm³/mol. The second-order valence-corrected chi connectivity index (χ2v) is 7.13. The molecule has 0 radical (unpaired) electrons. The van der Waals surface area contributed by atoms with Crippen molar-refractivity contribution in [1.29, 1.82) is 0 Å². The van der Waals surface area contributed by atoms with E-state index in [2.05, 4.69) is 18.3 Å². The predicted octanol–water partition coefficient (Wildman–Crippen LogP) is 4.33. The summed E-state index contributed by atoms with van der Waals surface area (Å²) in [6, 6.07) is 8.06. The van der Waals surface area contributed by atoms with E-state index in [1.54, 1.807) is 0 Å². The Morgan fingerprint density at radius 1 is 1.29 bits per heavy atom. The van der Waals surface area contributed by atoms with Gasteiger partial charge in [0.1, 0.15) is 6.61 Å². The lowest BCUT2D eigenvalue weighted by atomic mass is 10.1. The van der Waals surface area contributed by atoms with Crippen molar-refractivity contribution in [3.05, 3.63) is 46.1 Å². The van der Waals surface area contributed by atoms with Gasteiger partial charge in [0.15, 0.2) is 0 Å². The molecule has 0 atom stereocenters. The summed E-state index contributed by atoms with van der Waals surface area (Å²) in [5.74, 6) is 1.56. The molecule has 0 bridgehead atoms. The first kappa shape index (κ1) is 17.3. The van der Waals surface area contributed by atoms with Crippen molar-refractivity contribution >= 4 is 11.6 Å². The first-order chi connectivity index (χ1) is 11.7. The molecule has 4 nitrogen and oxygen atoms in total. The maximum atomic E-state index is 6.28. The molecule has 0 aliphatic heterocycles. The van der Waals surface area contributed by atoms with Gasteiger partial charge in [0, 0.05) is 29.7 Å². The first-order valence-electron chi connectivity index (χ1n) is 8.75. The van der Waals surface area contributed by atoms with Gasteiger partial charge >= 0.3 is 0 Å². The first-order valence-corrected chi connectivity index (χ1v) is 9.12. The lowest BCUT2D eigenvalue weighted by molar-refractivity contribution is 0.261. The molecule has 24 heavy (non-hydrogen) atoms. The second kappa shape index (κ2) is 8.04. The zero-order valence-corrected chi connectivity index (χ0v) is 15.3. The fraction of sp³-hybridized carbons (Fsp3) is 0.526. The Morgan fingerprint density at radius 3 is 2.83 bits per heavy atom. The minimum absolute atomic E-state index is 0.468. The third-order valence-corrected chi connectivity index (χ3v) is 5.00. The zero-order valence-electron chi connectivity index (χ0n) is 14.5. The summed E-state index contributed by atoms with van der Waals surface area (Å²) in [5.41, 5.74) is 3.22. The van der Waals surface area contributed by atoms with Gasteiger partial charge in [-0.25, -0.2) is 4.68 Å². The zero-order chi connectivity index (χ0) is 16.9. The topological polar surface area (TPSA) is 39.1 Å². The summed E-state index contributed by atoms with van der Waals surface area (Å²) in [4.78, 5) is 0. The van der Waals surface area contributed by atoms with Crippen molar-refractivity contribution in [3.8, 4) is 5.88 Å².